The third-order valence-corrected chi connectivity index (χ3v) is 4.01. The molecule has 0 radical (unpaired) electrons. The number of carbonyl (C=O) groups excluding carboxylic acids is 2. The highest BCUT2D eigenvalue weighted by atomic mass is 35.5. The average Bonchev–Trinajstić information content (AvgIpc) is 2.46. The first-order valence-electron chi connectivity index (χ1n) is 8.76. The van der Waals surface area contributed by atoms with Crippen LogP contribution >= 0.6 is 24.0 Å². The summed E-state index contributed by atoms with van der Waals surface area (Å²) in [5.41, 5.74) is 5.75. The summed E-state index contributed by atoms with van der Waals surface area (Å²) in [6, 6.07) is 4.45. The minimum Gasteiger partial charge on any atom is -0.346 e. The second-order valence-electron chi connectivity index (χ2n) is 8.34. The van der Waals surface area contributed by atoms with Gasteiger partial charge in [-0.15, -0.1) is 12.4 Å². The fourth-order valence-corrected chi connectivity index (χ4v) is 2.91. The molecule has 0 spiro atoms. The van der Waals surface area contributed by atoms with Gasteiger partial charge in [0.1, 0.15) is 0 Å². The lowest BCUT2D eigenvalue weighted by Gasteiger charge is -2.31. The normalized spacial score (nSPS) is 13.4. The van der Waals surface area contributed by atoms with Gasteiger partial charge >= 0.3 is 6.03 Å². The standard InChI is InChI=1S/C19H31ClN4O2.ClH/c1-12(2)10-19(6,11-21)23-16(25)14-9-13(7-8-15(14)20)22-17(26)24-18(3,4)5;/h7-9,12H,10-11,21H2,1-6H3,(H,23,25)(H2,22,24,26);1H. The largest absolute Gasteiger partial charge is 0.346 e. The maximum Gasteiger partial charge on any atom is 0.319 e. The molecule has 1 aromatic rings. The summed E-state index contributed by atoms with van der Waals surface area (Å²) in [6.07, 6.45) is 0.749. The van der Waals surface area contributed by atoms with E-state index in [2.05, 4.69) is 29.8 Å². The van der Waals surface area contributed by atoms with Crippen LogP contribution < -0.4 is 21.7 Å². The first-order valence-corrected chi connectivity index (χ1v) is 9.14. The fourth-order valence-electron chi connectivity index (χ4n) is 2.71. The summed E-state index contributed by atoms with van der Waals surface area (Å²) in [5.74, 6) is 0.0666. The summed E-state index contributed by atoms with van der Waals surface area (Å²) in [4.78, 5) is 24.7. The molecule has 0 saturated carbocycles. The maximum atomic E-state index is 12.7. The Balaban J connectivity index is 0.00000676. The van der Waals surface area contributed by atoms with Crippen LogP contribution in [0.1, 0.15) is 58.3 Å². The number of halogens is 2. The van der Waals surface area contributed by atoms with Crippen molar-refractivity contribution in [1.29, 1.82) is 0 Å². The summed E-state index contributed by atoms with van der Waals surface area (Å²) >= 11 is 6.19. The molecule has 0 bridgehead atoms. The molecule has 1 unspecified atom stereocenters. The van der Waals surface area contributed by atoms with E-state index in [0.717, 1.165) is 6.42 Å². The van der Waals surface area contributed by atoms with Gasteiger partial charge in [-0.05, 0) is 58.2 Å². The number of benzene rings is 1. The van der Waals surface area contributed by atoms with Gasteiger partial charge in [0, 0.05) is 23.3 Å². The van der Waals surface area contributed by atoms with Crippen molar-refractivity contribution in [3.05, 3.63) is 28.8 Å². The van der Waals surface area contributed by atoms with Crippen molar-refractivity contribution < 1.29 is 9.59 Å². The van der Waals surface area contributed by atoms with Gasteiger partial charge in [-0.3, -0.25) is 4.79 Å². The molecule has 0 saturated heterocycles. The van der Waals surface area contributed by atoms with E-state index in [4.69, 9.17) is 17.3 Å². The van der Waals surface area contributed by atoms with Crippen LogP contribution in [0, 0.1) is 5.92 Å². The number of nitrogens with one attached hydrogen (secondary N) is 3. The van der Waals surface area contributed by atoms with Gasteiger partial charge in [-0.2, -0.15) is 0 Å². The molecule has 8 heteroatoms. The number of urea groups is 1. The predicted molar refractivity (Wildman–Crippen MR) is 115 cm³/mol. The van der Waals surface area contributed by atoms with Crippen molar-refractivity contribution in [3.63, 3.8) is 0 Å². The van der Waals surface area contributed by atoms with Crippen molar-refractivity contribution in [2.75, 3.05) is 11.9 Å². The van der Waals surface area contributed by atoms with Crippen molar-refractivity contribution >= 4 is 41.6 Å². The molecule has 0 heterocycles. The SMILES string of the molecule is CC(C)CC(C)(CN)NC(=O)c1cc(NC(=O)NC(C)(C)C)ccc1Cl.Cl. The molecule has 0 aliphatic heterocycles. The molecule has 0 fully saturated rings. The van der Waals surface area contributed by atoms with Gasteiger partial charge in [0.25, 0.3) is 5.91 Å². The minimum absolute atomic E-state index is 0. The second-order valence-corrected chi connectivity index (χ2v) is 8.75. The zero-order chi connectivity index (χ0) is 20.1. The van der Waals surface area contributed by atoms with Gasteiger partial charge in [0.05, 0.1) is 10.6 Å². The molecular formula is C19H32Cl2N4O2. The van der Waals surface area contributed by atoms with Gasteiger partial charge in [0.15, 0.2) is 0 Å². The van der Waals surface area contributed by atoms with Crippen molar-refractivity contribution in [1.82, 2.24) is 10.6 Å². The molecule has 3 amide bonds. The number of carbonyl (C=O) groups is 2. The third kappa shape index (κ3) is 8.82. The molecule has 0 aliphatic rings. The number of anilines is 1. The molecule has 0 aromatic heterocycles. The van der Waals surface area contributed by atoms with Crippen LogP contribution in [0.15, 0.2) is 18.2 Å². The summed E-state index contributed by atoms with van der Waals surface area (Å²) < 4.78 is 0. The average molecular weight is 419 g/mol. The first kappa shape index (κ1) is 25.5. The van der Waals surface area contributed by atoms with Gasteiger partial charge in [-0.25, -0.2) is 4.79 Å². The molecular weight excluding hydrogens is 387 g/mol. The third-order valence-electron chi connectivity index (χ3n) is 3.68. The minimum atomic E-state index is -0.526. The molecule has 1 rings (SSSR count). The smallest absolute Gasteiger partial charge is 0.319 e. The molecule has 1 aromatic carbocycles. The van der Waals surface area contributed by atoms with Crippen LogP contribution in [0.2, 0.25) is 5.02 Å². The van der Waals surface area contributed by atoms with E-state index < -0.39 is 5.54 Å². The lowest BCUT2D eigenvalue weighted by molar-refractivity contribution is 0.0898. The lowest BCUT2D eigenvalue weighted by Crippen LogP contribution is -2.52. The van der Waals surface area contributed by atoms with Gasteiger partial charge in [0.2, 0.25) is 0 Å². The molecule has 1 atom stereocenters. The molecule has 6 nitrogen and oxygen atoms in total. The topological polar surface area (TPSA) is 96.2 Å². The highest BCUT2D eigenvalue weighted by Crippen LogP contribution is 2.23. The molecule has 154 valence electrons. The van der Waals surface area contributed by atoms with Crippen LogP contribution in [0.25, 0.3) is 0 Å². The Hall–Kier alpha value is -1.50. The molecule has 5 N–H and O–H groups in total. The van der Waals surface area contributed by atoms with E-state index in [-0.39, 0.29) is 29.9 Å². The van der Waals surface area contributed by atoms with E-state index >= 15 is 0 Å². The number of amides is 3. The Morgan fingerprint density at radius 1 is 1.15 bits per heavy atom. The lowest BCUT2D eigenvalue weighted by atomic mass is 9.90. The highest BCUT2D eigenvalue weighted by Gasteiger charge is 2.27. The van der Waals surface area contributed by atoms with E-state index in [1.54, 1.807) is 18.2 Å². The van der Waals surface area contributed by atoms with Crippen molar-refractivity contribution in [3.8, 4) is 0 Å². The van der Waals surface area contributed by atoms with Crippen LogP contribution in [0.3, 0.4) is 0 Å². The van der Waals surface area contributed by atoms with Gasteiger partial charge < -0.3 is 21.7 Å². The zero-order valence-electron chi connectivity index (χ0n) is 16.9. The van der Waals surface area contributed by atoms with Crippen LogP contribution in [0.5, 0.6) is 0 Å². The summed E-state index contributed by atoms with van der Waals surface area (Å²) in [7, 11) is 0. The Labute approximate surface area is 173 Å². The number of rotatable bonds is 6. The van der Waals surface area contributed by atoms with E-state index in [9.17, 15) is 9.59 Å². The Kier molecular flexibility index (Phi) is 9.59. The van der Waals surface area contributed by atoms with E-state index in [0.29, 0.717) is 28.7 Å². The maximum absolute atomic E-state index is 12.7. The fraction of sp³-hybridized carbons (Fsp3) is 0.579. The zero-order valence-corrected chi connectivity index (χ0v) is 18.5. The number of hydrogen-bond acceptors (Lipinski definition) is 3. The second kappa shape index (κ2) is 10.2. The Bertz CT molecular complexity index is 660. The van der Waals surface area contributed by atoms with E-state index in [1.807, 2.05) is 27.7 Å². The Morgan fingerprint density at radius 2 is 1.74 bits per heavy atom. The molecule has 27 heavy (non-hydrogen) atoms. The molecule has 0 aliphatic carbocycles. The quantitative estimate of drug-likeness (QED) is 0.557. The number of hydrogen-bond donors (Lipinski definition) is 4. The summed E-state index contributed by atoms with van der Waals surface area (Å²) in [5, 5.41) is 8.80. The van der Waals surface area contributed by atoms with Crippen molar-refractivity contribution in [2.24, 2.45) is 11.7 Å². The van der Waals surface area contributed by atoms with E-state index in [1.165, 1.54) is 0 Å². The van der Waals surface area contributed by atoms with Gasteiger partial charge in [-0.1, -0.05) is 25.4 Å². The summed E-state index contributed by atoms with van der Waals surface area (Å²) in [6.45, 7) is 12.0. The van der Waals surface area contributed by atoms with Crippen molar-refractivity contribution in [2.45, 2.75) is 59.0 Å². The Morgan fingerprint density at radius 3 is 2.22 bits per heavy atom. The first-order chi connectivity index (χ1) is 11.8. The van der Waals surface area contributed by atoms with Crippen LogP contribution in [-0.2, 0) is 0 Å². The highest BCUT2D eigenvalue weighted by molar-refractivity contribution is 6.34. The van der Waals surface area contributed by atoms with Crippen LogP contribution in [-0.4, -0.2) is 29.6 Å². The van der Waals surface area contributed by atoms with Crippen LogP contribution in [0.4, 0.5) is 10.5 Å². The predicted octanol–water partition coefficient (Wildman–Crippen LogP) is 4.18. The number of nitrogens with two attached hydrogens (primary N) is 1. The monoisotopic (exact) mass is 418 g/mol.